The van der Waals surface area contributed by atoms with Crippen LogP contribution in [0.15, 0.2) is 66.3 Å². The Hall–Kier alpha value is -3.09. The van der Waals surface area contributed by atoms with Crippen LogP contribution in [-0.2, 0) is 9.53 Å². The van der Waals surface area contributed by atoms with Crippen molar-refractivity contribution in [2.24, 2.45) is 23.0 Å². The highest BCUT2D eigenvalue weighted by atomic mass is 16.6. The van der Waals surface area contributed by atoms with Crippen molar-refractivity contribution >= 4 is 12.0 Å². The van der Waals surface area contributed by atoms with Gasteiger partial charge in [0.2, 0.25) is 5.91 Å². The number of allylic oxidation sites excluding steroid dienone is 7. The molecule has 1 aromatic rings. The standard InChI is InChI=1S/C30H44N4O3/c1-21(9-14-26-23(3)27(15-16-30(26,4)5)34-18-17-32-20-34)7-6-8-22(2)19-28(35)33-24-10-12-25(13-11-24)37-29(31)36/h6-9,14,17-20,23-27H,10-13,15-16H2,1-5H3,(H2,31,36)(H,33,35)/b8-6+,14-9+,21-7+,22-19+. The third kappa shape index (κ3) is 8.48. The monoisotopic (exact) mass is 508 g/mol. The van der Waals surface area contributed by atoms with Gasteiger partial charge in [0.25, 0.3) is 0 Å². The van der Waals surface area contributed by atoms with Crippen LogP contribution in [0.5, 0.6) is 0 Å². The average Bonchev–Trinajstić information content (AvgIpc) is 3.34. The van der Waals surface area contributed by atoms with Crippen molar-refractivity contribution in [1.82, 2.24) is 14.9 Å². The van der Waals surface area contributed by atoms with Crippen molar-refractivity contribution in [2.75, 3.05) is 0 Å². The predicted octanol–water partition coefficient (Wildman–Crippen LogP) is 6.02. The molecule has 0 aliphatic heterocycles. The van der Waals surface area contributed by atoms with E-state index >= 15 is 0 Å². The maximum absolute atomic E-state index is 12.4. The summed E-state index contributed by atoms with van der Waals surface area (Å²) in [5, 5.41) is 3.05. The second-order valence-electron chi connectivity index (χ2n) is 11.4. The molecule has 1 heterocycles. The number of imidazole rings is 1. The van der Waals surface area contributed by atoms with E-state index in [1.807, 2.05) is 31.6 Å². The summed E-state index contributed by atoms with van der Waals surface area (Å²) in [6.45, 7) is 11.1. The summed E-state index contributed by atoms with van der Waals surface area (Å²) >= 11 is 0. The van der Waals surface area contributed by atoms with Crippen LogP contribution < -0.4 is 11.1 Å². The van der Waals surface area contributed by atoms with Crippen molar-refractivity contribution in [3.8, 4) is 0 Å². The summed E-state index contributed by atoms with van der Waals surface area (Å²) in [6, 6.07) is 0.576. The lowest BCUT2D eigenvalue weighted by atomic mass is 9.62. The molecule has 2 aliphatic rings. The molecule has 0 bridgehead atoms. The van der Waals surface area contributed by atoms with Crippen molar-refractivity contribution in [3.05, 3.63) is 66.3 Å². The highest BCUT2D eigenvalue weighted by Crippen LogP contribution is 2.49. The van der Waals surface area contributed by atoms with E-state index in [9.17, 15) is 9.59 Å². The predicted molar refractivity (Wildman–Crippen MR) is 148 cm³/mol. The number of aromatic nitrogens is 2. The zero-order valence-corrected chi connectivity index (χ0v) is 23.0. The van der Waals surface area contributed by atoms with Gasteiger partial charge in [-0.2, -0.15) is 0 Å². The first-order valence-electron chi connectivity index (χ1n) is 13.5. The maximum Gasteiger partial charge on any atom is 0.404 e. The van der Waals surface area contributed by atoms with Gasteiger partial charge in [-0.15, -0.1) is 0 Å². The number of hydrogen-bond acceptors (Lipinski definition) is 4. The van der Waals surface area contributed by atoms with Crippen molar-refractivity contribution in [3.63, 3.8) is 0 Å². The lowest BCUT2D eigenvalue weighted by Crippen LogP contribution is -2.39. The number of nitrogens with two attached hydrogens (primary N) is 1. The fourth-order valence-corrected chi connectivity index (χ4v) is 5.87. The molecule has 2 saturated carbocycles. The summed E-state index contributed by atoms with van der Waals surface area (Å²) in [4.78, 5) is 27.5. The van der Waals surface area contributed by atoms with Crippen LogP contribution in [0.1, 0.15) is 79.2 Å². The van der Waals surface area contributed by atoms with Gasteiger partial charge in [0.1, 0.15) is 6.10 Å². The fourth-order valence-electron chi connectivity index (χ4n) is 5.87. The maximum atomic E-state index is 12.4. The fraction of sp³-hybridized carbons (Fsp3) is 0.567. The molecule has 0 spiro atoms. The highest BCUT2D eigenvalue weighted by molar-refractivity contribution is 5.88. The topological polar surface area (TPSA) is 99.2 Å². The summed E-state index contributed by atoms with van der Waals surface area (Å²) < 4.78 is 7.32. The molecule has 0 saturated heterocycles. The van der Waals surface area contributed by atoms with E-state index in [0.29, 0.717) is 17.9 Å². The van der Waals surface area contributed by atoms with Gasteiger partial charge in [-0.25, -0.2) is 9.78 Å². The molecule has 3 N–H and O–H groups in total. The zero-order chi connectivity index (χ0) is 27.0. The van der Waals surface area contributed by atoms with Gasteiger partial charge in [-0.3, -0.25) is 4.79 Å². The van der Waals surface area contributed by atoms with Crippen LogP contribution in [0, 0.1) is 17.3 Å². The molecule has 1 aromatic heterocycles. The van der Waals surface area contributed by atoms with Crippen molar-refractivity contribution < 1.29 is 14.3 Å². The molecule has 2 fully saturated rings. The number of ether oxygens (including phenoxy) is 1. The lowest BCUT2D eigenvalue weighted by molar-refractivity contribution is -0.117. The van der Waals surface area contributed by atoms with Crippen LogP contribution in [-0.4, -0.2) is 33.7 Å². The third-order valence-electron chi connectivity index (χ3n) is 8.01. The largest absolute Gasteiger partial charge is 0.446 e. The number of amides is 2. The molecule has 7 heteroatoms. The third-order valence-corrected chi connectivity index (χ3v) is 8.01. The lowest BCUT2D eigenvalue weighted by Gasteiger charge is -2.46. The second kappa shape index (κ2) is 12.9. The molecule has 3 rings (SSSR count). The number of carbonyl (C=O) groups is 2. The number of carbonyl (C=O) groups excluding carboxylic acids is 2. The van der Waals surface area contributed by atoms with Crippen LogP contribution in [0.25, 0.3) is 0 Å². The number of nitrogens with one attached hydrogen (secondary N) is 1. The number of primary amides is 1. The number of hydrogen-bond donors (Lipinski definition) is 2. The summed E-state index contributed by atoms with van der Waals surface area (Å²) in [6.07, 6.45) is 22.6. The van der Waals surface area contributed by atoms with Gasteiger partial charge in [0.05, 0.1) is 6.33 Å². The Labute approximate surface area is 221 Å². The average molecular weight is 509 g/mol. The Kier molecular flexibility index (Phi) is 9.95. The van der Waals surface area contributed by atoms with E-state index in [1.165, 1.54) is 18.4 Å². The van der Waals surface area contributed by atoms with E-state index in [-0.39, 0.29) is 23.5 Å². The normalized spacial score (nSPS) is 28.9. The van der Waals surface area contributed by atoms with Gasteiger partial charge < -0.3 is 20.4 Å². The van der Waals surface area contributed by atoms with Gasteiger partial charge in [-0.1, -0.05) is 56.7 Å². The molecule has 0 radical (unpaired) electrons. The number of nitrogens with zero attached hydrogens (tertiary/aromatic N) is 2. The first-order valence-corrected chi connectivity index (χ1v) is 13.5. The van der Waals surface area contributed by atoms with Crippen molar-refractivity contribution in [2.45, 2.75) is 91.3 Å². The number of rotatable bonds is 8. The van der Waals surface area contributed by atoms with E-state index in [4.69, 9.17) is 10.5 Å². The van der Waals surface area contributed by atoms with Crippen LogP contribution in [0.2, 0.25) is 0 Å². The minimum Gasteiger partial charge on any atom is -0.446 e. The molecule has 3 atom stereocenters. The van der Waals surface area contributed by atoms with Crippen molar-refractivity contribution in [1.29, 1.82) is 0 Å². The van der Waals surface area contributed by atoms with E-state index in [1.54, 1.807) is 6.08 Å². The van der Waals surface area contributed by atoms with E-state index in [0.717, 1.165) is 31.3 Å². The Bertz CT molecular complexity index is 1030. The van der Waals surface area contributed by atoms with E-state index in [2.05, 4.69) is 67.0 Å². The zero-order valence-electron chi connectivity index (χ0n) is 23.0. The molecule has 0 aromatic carbocycles. The Morgan fingerprint density at radius 3 is 2.49 bits per heavy atom. The minimum atomic E-state index is -0.732. The molecule has 202 valence electrons. The Morgan fingerprint density at radius 2 is 1.84 bits per heavy atom. The Balaban J connectivity index is 1.51. The first kappa shape index (κ1) is 28.5. The molecule has 2 aliphatic carbocycles. The summed E-state index contributed by atoms with van der Waals surface area (Å²) in [5.41, 5.74) is 7.41. The molecular weight excluding hydrogens is 464 g/mol. The van der Waals surface area contributed by atoms with Gasteiger partial charge in [0.15, 0.2) is 0 Å². The quantitative estimate of drug-likeness (QED) is 0.331. The molecular formula is C30H44N4O3. The molecule has 3 unspecified atom stereocenters. The Morgan fingerprint density at radius 1 is 1.11 bits per heavy atom. The van der Waals surface area contributed by atoms with Crippen LogP contribution in [0.3, 0.4) is 0 Å². The van der Waals surface area contributed by atoms with E-state index < -0.39 is 6.09 Å². The molecule has 7 nitrogen and oxygen atoms in total. The summed E-state index contributed by atoms with van der Waals surface area (Å²) in [5.74, 6) is 0.902. The molecule has 2 amide bonds. The first-order chi connectivity index (χ1) is 17.5. The summed E-state index contributed by atoms with van der Waals surface area (Å²) in [7, 11) is 0. The molecule has 37 heavy (non-hydrogen) atoms. The highest BCUT2D eigenvalue weighted by Gasteiger charge is 2.40. The SMILES string of the molecule is CC(/C=C/C1C(C)C(n2ccnc2)CCC1(C)C)=C\C=C\C(C)=C\C(=O)NC1CCC(OC(N)=O)CC1. The minimum absolute atomic E-state index is 0.0945. The van der Waals surface area contributed by atoms with Crippen LogP contribution >= 0.6 is 0 Å². The van der Waals surface area contributed by atoms with Crippen LogP contribution in [0.4, 0.5) is 4.79 Å². The smallest absolute Gasteiger partial charge is 0.404 e. The van der Waals surface area contributed by atoms with Gasteiger partial charge in [0, 0.05) is 30.6 Å². The second-order valence-corrected chi connectivity index (χ2v) is 11.4. The van der Waals surface area contributed by atoms with Gasteiger partial charge in [-0.05, 0) is 75.2 Å². The van der Waals surface area contributed by atoms with Gasteiger partial charge >= 0.3 is 6.09 Å².